The summed E-state index contributed by atoms with van der Waals surface area (Å²) in [4.78, 5) is 25.6. The van der Waals surface area contributed by atoms with Crippen LogP contribution in [0.15, 0.2) is 0 Å². The first kappa shape index (κ1) is 28.9. The van der Waals surface area contributed by atoms with Crippen LogP contribution >= 0.6 is 67.8 Å². The van der Waals surface area contributed by atoms with E-state index in [0.717, 1.165) is 0 Å². The van der Waals surface area contributed by atoms with Crippen molar-refractivity contribution in [1.82, 2.24) is 10.6 Å². The number of amides is 2. The minimum atomic E-state index is -1.15. The van der Waals surface area contributed by atoms with E-state index in [1.807, 2.05) is 67.8 Å². The lowest BCUT2D eigenvalue weighted by atomic mass is 10.1. The second-order valence-electron chi connectivity index (χ2n) is 6.38. The third-order valence-electron chi connectivity index (χ3n) is 3.91. The Kier molecular flexibility index (Phi) is 13.3. The minimum absolute atomic E-state index is 0.0440. The zero-order valence-corrected chi connectivity index (χ0v) is 22.6. The quantitative estimate of drug-likeness (QED) is 0.113. The van der Waals surface area contributed by atoms with Gasteiger partial charge in [-0.25, -0.2) is 0 Å². The molecule has 11 nitrogen and oxygen atoms in total. The second kappa shape index (κ2) is 14.2. The summed E-state index contributed by atoms with van der Waals surface area (Å²) in [6, 6.07) is 0. The van der Waals surface area contributed by atoms with E-state index >= 15 is 0 Å². The standard InChI is InChI=1S/C17H24I3N3O8/c18-12-10(16(30)22-2-8(28)5-25)13(19)15(21-1-7(27)4-24)14(20)11(12)17(31)23-3-9(29)6-26/h7-9,21,24-29H,1-6H2,(H,22,30)(H,23,31). The molecule has 176 valence electrons. The SMILES string of the molecule is O=C(NCC(O)CO)c1c(I)c(NCC(O)CO)c(I)c(C(=O)NCC(O)CO)c1I. The smallest absolute Gasteiger partial charge is 0.253 e. The average molecular weight is 779 g/mol. The maximum Gasteiger partial charge on any atom is 0.253 e. The molecule has 2 amide bonds. The van der Waals surface area contributed by atoms with Crippen LogP contribution in [-0.2, 0) is 0 Å². The zero-order valence-electron chi connectivity index (χ0n) is 16.1. The minimum Gasteiger partial charge on any atom is -0.394 e. The van der Waals surface area contributed by atoms with Crippen molar-refractivity contribution in [2.75, 3.05) is 44.8 Å². The van der Waals surface area contributed by atoms with Crippen molar-refractivity contribution >= 4 is 85.3 Å². The highest BCUT2D eigenvalue weighted by atomic mass is 127. The summed E-state index contributed by atoms with van der Waals surface area (Å²) in [5.74, 6) is -1.18. The van der Waals surface area contributed by atoms with Gasteiger partial charge in [-0.2, -0.15) is 0 Å². The summed E-state index contributed by atoms with van der Waals surface area (Å²) in [6.45, 7) is -2.00. The van der Waals surface area contributed by atoms with E-state index in [1.165, 1.54) is 0 Å². The van der Waals surface area contributed by atoms with Gasteiger partial charge in [0.1, 0.15) is 0 Å². The van der Waals surface area contributed by atoms with Gasteiger partial charge in [0.25, 0.3) is 11.8 Å². The molecule has 3 unspecified atom stereocenters. The topological polar surface area (TPSA) is 192 Å². The van der Waals surface area contributed by atoms with Crippen molar-refractivity contribution in [3.05, 3.63) is 21.8 Å². The number of aliphatic hydroxyl groups excluding tert-OH is 6. The lowest BCUT2D eigenvalue weighted by molar-refractivity contribution is 0.0798. The van der Waals surface area contributed by atoms with Gasteiger partial charge < -0.3 is 46.6 Å². The predicted octanol–water partition coefficient (Wildman–Crippen LogP) is -1.57. The Bertz CT molecular complexity index is 730. The third-order valence-corrected chi connectivity index (χ3v) is 7.15. The van der Waals surface area contributed by atoms with E-state index in [0.29, 0.717) is 16.4 Å². The number of carbonyl (C=O) groups is 2. The molecule has 31 heavy (non-hydrogen) atoms. The van der Waals surface area contributed by atoms with Crippen LogP contribution in [0.2, 0.25) is 0 Å². The molecule has 3 atom stereocenters. The molecule has 0 saturated heterocycles. The van der Waals surface area contributed by atoms with Gasteiger partial charge >= 0.3 is 0 Å². The summed E-state index contributed by atoms with van der Waals surface area (Å²) in [5, 5.41) is 63.6. The summed E-state index contributed by atoms with van der Waals surface area (Å²) < 4.78 is 1.20. The van der Waals surface area contributed by atoms with Crippen LogP contribution in [0, 0.1) is 10.7 Å². The molecule has 0 aliphatic carbocycles. The largest absolute Gasteiger partial charge is 0.394 e. The number of halogens is 3. The molecule has 1 rings (SSSR count). The van der Waals surface area contributed by atoms with Crippen LogP contribution in [0.4, 0.5) is 5.69 Å². The molecule has 9 N–H and O–H groups in total. The van der Waals surface area contributed by atoms with E-state index in [9.17, 15) is 24.9 Å². The Morgan fingerprint density at radius 1 is 0.677 bits per heavy atom. The van der Waals surface area contributed by atoms with Gasteiger partial charge in [0.05, 0.1) is 62.1 Å². The molecule has 0 spiro atoms. The molecule has 0 heterocycles. The van der Waals surface area contributed by atoms with E-state index in [2.05, 4.69) is 16.0 Å². The van der Waals surface area contributed by atoms with E-state index in [-0.39, 0.29) is 30.8 Å². The van der Waals surface area contributed by atoms with Crippen LogP contribution in [0.3, 0.4) is 0 Å². The first-order valence-electron chi connectivity index (χ1n) is 8.96. The fraction of sp³-hybridized carbons (Fsp3) is 0.529. The third kappa shape index (κ3) is 8.32. The van der Waals surface area contributed by atoms with Gasteiger partial charge in [-0.15, -0.1) is 0 Å². The highest BCUT2D eigenvalue weighted by Crippen LogP contribution is 2.35. The number of benzene rings is 1. The van der Waals surface area contributed by atoms with Gasteiger partial charge in [0.15, 0.2) is 0 Å². The van der Waals surface area contributed by atoms with E-state index in [4.69, 9.17) is 15.3 Å². The highest BCUT2D eigenvalue weighted by Gasteiger charge is 2.28. The van der Waals surface area contributed by atoms with Gasteiger partial charge in [0, 0.05) is 23.2 Å². The van der Waals surface area contributed by atoms with Crippen molar-refractivity contribution in [1.29, 1.82) is 0 Å². The molecule has 0 aliphatic heterocycles. The lowest BCUT2D eigenvalue weighted by Gasteiger charge is -2.21. The number of carbonyl (C=O) groups excluding carboxylic acids is 2. The van der Waals surface area contributed by atoms with Gasteiger partial charge in [-0.1, -0.05) is 0 Å². The molecule has 0 bridgehead atoms. The average Bonchev–Trinajstić information content (AvgIpc) is 2.74. The molecular formula is C17H24I3N3O8. The van der Waals surface area contributed by atoms with E-state index in [1.54, 1.807) is 0 Å². The Labute approximate surface area is 219 Å². The number of nitrogens with one attached hydrogen (secondary N) is 3. The van der Waals surface area contributed by atoms with Crippen molar-refractivity contribution in [3.63, 3.8) is 0 Å². The Morgan fingerprint density at radius 2 is 1.03 bits per heavy atom. The van der Waals surface area contributed by atoms with E-state index < -0.39 is 49.9 Å². The Balaban J connectivity index is 3.43. The molecule has 0 aromatic heterocycles. The van der Waals surface area contributed by atoms with Crippen LogP contribution in [0.5, 0.6) is 0 Å². The molecule has 0 aliphatic rings. The van der Waals surface area contributed by atoms with Crippen LogP contribution in [0.1, 0.15) is 20.7 Å². The monoisotopic (exact) mass is 779 g/mol. The lowest BCUT2D eigenvalue weighted by Crippen LogP contribution is -2.37. The first-order chi connectivity index (χ1) is 14.6. The zero-order chi connectivity index (χ0) is 23.7. The number of hydrogen-bond acceptors (Lipinski definition) is 9. The first-order valence-corrected chi connectivity index (χ1v) is 12.2. The van der Waals surface area contributed by atoms with Gasteiger partial charge in [-0.3, -0.25) is 9.59 Å². The van der Waals surface area contributed by atoms with Crippen LogP contribution < -0.4 is 16.0 Å². The molecule has 0 radical (unpaired) electrons. The number of rotatable bonds is 12. The molecule has 0 saturated carbocycles. The van der Waals surface area contributed by atoms with Crippen LogP contribution in [-0.4, -0.2) is 100 Å². The van der Waals surface area contributed by atoms with Crippen molar-refractivity contribution in [2.45, 2.75) is 18.3 Å². The maximum absolute atomic E-state index is 12.8. The second-order valence-corrected chi connectivity index (χ2v) is 9.61. The summed E-state index contributed by atoms with van der Waals surface area (Å²) in [6.07, 6.45) is -3.37. The fourth-order valence-corrected chi connectivity index (χ4v) is 6.76. The summed E-state index contributed by atoms with van der Waals surface area (Å²) in [5.41, 5.74) is 0.663. The van der Waals surface area contributed by atoms with Crippen LogP contribution in [0.25, 0.3) is 0 Å². The van der Waals surface area contributed by atoms with Crippen molar-refractivity contribution in [2.24, 2.45) is 0 Å². The molecular weight excluding hydrogens is 755 g/mol. The maximum atomic E-state index is 12.8. The summed E-state index contributed by atoms with van der Waals surface area (Å²) >= 11 is 5.68. The van der Waals surface area contributed by atoms with Crippen molar-refractivity contribution < 1.29 is 40.2 Å². The molecule has 14 heteroatoms. The Morgan fingerprint density at radius 3 is 1.39 bits per heavy atom. The fourth-order valence-electron chi connectivity index (χ4n) is 2.23. The molecule has 0 fully saturated rings. The number of aliphatic hydroxyl groups is 6. The summed E-state index contributed by atoms with van der Waals surface area (Å²) in [7, 11) is 0. The van der Waals surface area contributed by atoms with Crippen molar-refractivity contribution in [3.8, 4) is 0 Å². The number of hydrogen-bond donors (Lipinski definition) is 9. The Hall–Kier alpha value is -0.0900. The van der Waals surface area contributed by atoms with Gasteiger partial charge in [-0.05, 0) is 67.8 Å². The number of anilines is 1. The molecule has 1 aromatic rings. The normalized spacial score (nSPS) is 14.0. The molecule has 1 aromatic carbocycles. The predicted molar refractivity (Wildman–Crippen MR) is 137 cm³/mol. The van der Waals surface area contributed by atoms with Gasteiger partial charge in [0.2, 0.25) is 0 Å². The highest BCUT2D eigenvalue weighted by molar-refractivity contribution is 14.1.